The number of halogens is 8. The fourth-order valence-electron chi connectivity index (χ4n) is 1.64. The molecule has 0 spiro atoms. The molecule has 0 amide bonds. The third-order valence-corrected chi connectivity index (χ3v) is 2.84. The summed E-state index contributed by atoms with van der Waals surface area (Å²) in [6.07, 6.45) is -11.3. The van der Waals surface area contributed by atoms with Gasteiger partial charge in [-0.05, 0) is 12.3 Å². The van der Waals surface area contributed by atoms with E-state index in [2.05, 4.69) is 0 Å². The van der Waals surface area contributed by atoms with Crippen molar-refractivity contribution < 1.29 is 35.1 Å². The van der Waals surface area contributed by atoms with Crippen LogP contribution in [0.5, 0.6) is 0 Å². The Hall–Kier alpha value is -0.560. The molecular formula is C8H8F8. The molecular weight excluding hydrogens is 248 g/mol. The van der Waals surface area contributed by atoms with Gasteiger partial charge >= 0.3 is 18.3 Å². The smallest absolute Gasteiger partial charge is 0.196 e. The standard InChI is InChI=1S/C8H8F8/c1-3(7(11,12)13)4-2-5(4)6(9,10)8(14,15)16/h3-5H,2H2,1H3/t3-,4?,5?/m0/s1. The van der Waals surface area contributed by atoms with Crippen molar-refractivity contribution in [3.8, 4) is 0 Å². The zero-order valence-electron chi connectivity index (χ0n) is 7.96. The summed E-state index contributed by atoms with van der Waals surface area (Å²) in [5.41, 5.74) is 0. The second kappa shape index (κ2) is 3.46. The first-order valence-corrected chi connectivity index (χ1v) is 4.40. The Morgan fingerprint density at radius 3 is 1.69 bits per heavy atom. The van der Waals surface area contributed by atoms with E-state index in [4.69, 9.17) is 0 Å². The minimum absolute atomic E-state index is 0.622. The summed E-state index contributed by atoms with van der Waals surface area (Å²) >= 11 is 0. The molecule has 0 radical (unpaired) electrons. The van der Waals surface area contributed by atoms with E-state index in [1.165, 1.54) is 0 Å². The van der Waals surface area contributed by atoms with E-state index < -0.39 is 42.4 Å². The summed E-state index contributed by atoms with van der Waals surface area (Å²) in [5.74, 6) is -11.1. The Bertz CT molecular complexity index is 262. The zero-order valence-corrected chi connectivity index (χ0v) is 7.96. The highest BCUT2D eigenvalue weighted by Crippen LogP contribution is 2.60. The van der Waals surface area contributed by atoms with E-state index >= 15 is 0 Å². The van der Waals surface area contributed by atoms with Crippen LogP contribution < -0.4 is 0 Å². The van der Waals surface area contributed by atoms with Gasteiger partial charge in [-0.3, -0.25) is 0 Å². The summed E-state index contributed by atoms with van der Waals surface area (Å²) in [4.78, 5) is 0. The molecule has 1 fully saturated rings. The van der Waals surface area contributed by atoms with Crippen molar-refractivity contribution >= 4 is 0 Å². The van der Waals surface area contributed by atoms with Crippen molar-refractivity contribution in [2.75, 3.05) is 0 Å². The van der Waals surface area contributed by atoms with E-state index in [9.17, 15) is 35.1 Å². The summed E-state index contributed by atoms with van der Waals surface area (Å²) in [7, 11) is 0. The van der Waals surface area contributed by atoms with E-state index in [1.54, 1.807) is 0 Å². The molecule has 0 N–H and O–H groups in total. The molecule has 0 nitrogen and oxygen atoms in total. The van der Waals surface area contributed by atoms with E-state index in [1.807, 2.05) is 0 Å². The Morgan fingerprint density at radius 1 is 0.938 bits per heavy atom. The molecule has 0 aromatic carbocycles. The lowest BCUT2D eigenvalue weighted by Gasteiger charge is -2.21. The van der Waals surface area contributed by atoms with Crippen LogP contribution in [0.4, 0.5) is 35.1 Å². The quantitative estimate of drug-likeness (QED) is 0.654. The normalized spacial score (nSPS) is 29.1. The van der Waals surface area contributed by atoms with Gasteiger partial charge in [-0.1, -0.05) is 6.92 Å². The first-order valence-electron chi connectivity index (χ1n) is 4.40. The predicted octanol–water partition coefficient (Wildman–Crippen LogP) is 4.02. The average molecular weight is 256 g/mol. The van der Waals surface area contributed by atoms with E-state index in [0.29, 0.717) is 6.92 Å². The molecule has 1 aliphatic rings. The van der Waals surface area contributed by atoms with Gasteiger partial charge in [-0.15, -0.1) is 0 Å². The molecule has 96 valence electrons. The Kier molecular flexibility index (Phi) is 2.92. The van der Waals surface area contributed by atoms with Crippen molar-refractivity contribution in [1.29, 1.82) is 0 Å². The molecule has 1 saturated carbocycles. The van der Waals surface area contributed by atoms with Crippen LogP contribution in [-0.4, -0.2) is 18.3 Å². The monoisotopic (exact) mass is 256 g/mol. The van der Waals surface area contributed by atoms with Crippen molar-refractivity contribution in [1.82, 2.24) is 0 Å². The minimum Gasteiger partial charge on any atom is -0.196 e. The molecule has 1 rings (SSSR count). The van der Waals surface area contributed by atoms with E-state index in [-0.39, 0.29) is 0 Å². The molecule has 0 bridgehead atoms. The third-order valence-electron chi connectivity index (χ3n) is 2.84. The lowest BCUT2D eigenvalue weighted by molar-refractivity contribution is -0.294. The van der Waals surface area contributed by atoms with Crippen LogP contribution in [0.3, 0.4) is 0 Å². The molecule has 8 heteroatoms. The summed E-state index contributed by atoms with van der Waals surface area (Å²) in [6, 6.07) is 0. The Morgan fingerprint density at radius 2 is 1.38 bits per heavy atom. The van der Waals surface area contributed by atoms with Gasteiger partial charge in [0.2, 0.25) is 0 Å². The molecule has 0 saturated heterocycles. The fraction of sp³-hybridized carbons (Fsp3) is 1.00. The lowest BCUT2D eigenvalue weighted by atomic mass is 10.0. The van der Waals surface area contributed by atoms with Gasteiger partial charge in [-0.2, -0.15) is 35.1 Å². The van der Waals surface area contributed by atoms with Crippen LogP contribution in [0.1, 0.15) is 13.3 Å². The topological polar surface area (TPSA) is 0 Å². The lowest BCUT2D eigenvalue weighted by Crippen LogP contribution is -2.40. The molecule has 0 aromatic heterocycles. The summed E-state index contributed by atoms with van der Waals surface area (Å²) in [5, 5.41) is 0. The highest BCUT2D eigenvalue weighted by Gasteiger charge is 2.71. The van der Waals surface area contributed by atoms with Crippen LogP contribution in [0.25, 0.3) is 0 Å². The third kappa shape index (κ3) is 2.24. The molecule has 3 atom stereocenters. The number of hydrogen-bond acceptors (Lipinski definition) is 0. The van der Waals surface area contributed by atoms with Gasteiger partial charge in [0, 0.05) is 5.92 Å². The second-order valence-electron chi connectivity index (χ2n) is 3.96. The van der Waals surface area contributed by atoms with Gasteiger partial charge in [0.15, 0.2) is 0 Å². The van der Waals surface area contributed by atoms with E-state index in [0.717, 1.165) is 0 Å². The molecule has 1 aliphatic carbocycles. The number of alkyl halides is 8. The van der Waals surface area contributed by atoms with Gasteiger partial charge in [-0.25, -0.2) is 0 Å². The molecule has 2 unspecified atom stereocenters. The van der Waals surface area contributed by atoms with Gasteiger partial charge in [0.05, 0.1) is 5.92 Å². The maximum atomic E-state index is 12.6. The largest absolute Gasteiger partial charge is 0.453 e. The first-order chi connectivity index (χ1) is 6.89. The van der Waals surface area contributed by atoms with Gasteiger partial charge in [0.25, 0.3) is 0 Å². The molecule has 0 aliphatic heterocycles. The predicted molar refractivity (Wildman–Crippen MR) is 37.8 cm³/mol. The summed E-state index contributed by atoms with van der Waals surface area (Å²) in [6.45, 7) is 0.622. The maximum Gasteiger partial charge on any atom is 0.453 e. The summed E-state index contributed by atoms with van der Waals surface area (Å²) < 4.78 is 96.9. The van der Waals surface area contributed by atoms with Crippen LogP contribution >= 0.6 is 0 Å². The minimum atomic E-state index is -5.78. The van der Waals surface area contributed by atoms with Crippen molar-refractivity contribution in [2.45, 2.75) is 31.6 Å². The SMILES string of the molecule is C[C@@H](C1CC1C(F)(F)C(F)(F)F)C(F)(F)F. The number of hydrogen-bond donors (Lipinski definition) is 0. The van der Waals surface area contributed by atoms with Crippen LogP contribution in [0.2, 0.25) is 0 Å². The Labute approximate surface area is 85.6 Å². The van der Waals surface area contributed by atoms with Crippen molar-refractivity contribution in [3.63, 3.8) is 0 Å². The zero-order chi connectivity index (χ0) is 12.9. The van der Waals surface area contributed by atoms with Gasteiger partial charge < -0.3 is 0 Å². The highest BCUT2D eigenvalue weighted by molar-refractivity contribution is 5.02. The van der Waals surface area contributed by atoms with Crippen LogP contribution in [-0.2, 0) is 0 Å². The molecule has 16 heavy (non-hydrogen) atoms. The average Bonchev–Trinajstić information content (AvgIpc) is 2.77. The van der Waals surface area contributed by atoms with Crippen LogP contribution in [0, 0.1) is 17.8 Å². The highest BCUT2D eigenvalue weighted by atomic mass is 19.4. The molecule has 0 aromatic rings. The second-order valence-corrected chi connectivity index (χ2v) is 3.96. The fourth-order valence-corrected chi connectivity index (χ4v) is 1.64. The number of rotatable bonds is 2. The van der Waals surface area contributed by atoms with Crippen molar-refractivity contribution in [3.05, 3.63) is 0 Å². The van der Waals surface area contributed by atoms with Crippen LogP contribution in [0.15, 0.2) is 0 Å². The Balaban J connectivity index is 2.71. The maximum absolute atomic E-state index is 12.6. The van der Waals surface area contributed by atoms with Crippen molar-refractivity contribution in [2.24, 2.45) is 17.8 Å². The first kappa shape index (κ1) is 13.5. The van der Waals surface area contributed by atoms with Gasteiger partial charge in [0.1, 0.15) is 0 Å². The molecule has 0 heterocycles.